The Labute approximate surface area is 110 Å². The summed E-state index contributed by atoms with van der Waals surface area (Å²) in [6.07, 6.45) is -4.17. The van der Waals surface area contributed by atoms with Crippen molar-refractivity contribution in [3.63, 3.8) is 0 Å². The highest BCUT2D eigenvalue weighted by molar-refractivity contribution is 5.66. The van der Waals surface area contributed by atoms with E-state index in [9.17, 15) is 13.6 Å². The summed E-state index contributed by atoms with van der Waals surface area (Å²) in [4.78, 5) is 10.4. The number of hydrogen-bond donors (Lipinski definition) is 1. The van der Waals surface area contributed by atoms with Crippen LogP contribution in [0.1, 0.15) is 33.6 Å². The van der Waals surface area contributed by atoms with Gasteiger partial charge in [0.2, 0.25) is 6.29 Å². The number of esters is 1. The summed E-state index contributed by atoms with van der Waals surface area (Å²) in [7, 11) is 0. The van der Waals surface area contributed by atoms with Crippen LogP contribution < -0.4 is 0 Å². The van der Waals surface area contributed by atoms with Crippen LogP contribution in [0.4, 0.5) is 8.78 Å². The first-order valence-corrected chi connectivity index (χ1v) is 6.24. The quantitative estimate of drug-likeness (QED) is 0.738. The number of hydrogen-bond acceptors (Lipinski definition) is 5. The van der Waals surface area contributed by atoms with Crippen LogP contribution in [0.5, 0.6) is 0 Å². The number of alkyl halides is 2. The second-order valence-corrected chi connectivity index (χ2v) is 4.77. The molecule has 0 bridgehead atoms. The zero-order valence-electron chi connectivity index (χ0n) is 11.2. The van der Waals surface area contributed by atoms with E-state index in [-0.39, 0.29) is 12.2 Å². The Morgan fingerprint density at radius 3 is 1.95 bits per heavy atom. The molecule has 2 aliphatic heterocycles. The highest BCUT2D eigenvalue weighted by Gasteiger charge is 2.35. The molecule has 0 spiro atoms. The molecule has 2 saturated heterocycles. The Balaban J connectivity index is 0.000000200. The van der Waals surface area contributed by atoms with Crippen LogP contribution in [0, 0.1) is 0 Å². The van der Waals surface area contributed by atoms with Crippen LogP contribution in [0.15, 0.2) is 0 Å². The number of carbonyl (C=O) groups excluding carboxylic acids is 1. The van der Waals surface area contributed by atoms with Gasteiger partial charge in [0.15, 0.2) is 18.6 Å². The fraction of sp³-hybridized carbons (Fsp3) is 0.917. The van der Waals surface area contributed by atoms with E-state index < -0.39 is 30.9 Å². The Morgan fingerprint density at radius 1 is 1.16 bits per heavy atom. The molecule has 6 atom stereocenters. The smallest absolute Gasteiger partial charge is 0.305 e. The van der Waals surface area contributed by atoms with Crippen LogP contribution in [-0.4, -0.2) is 48.2 Å². The van der Waals surface area contributed by atoms with E-state index in [4.69, 9.17) is 9.84 Å². The van der Waals surface area contributed by atoms with E-state index in [0.29, 0.717) is 12.8 Å². The summed E-state index contributed by atoms with van der Waals surface area (Å²) in [5.41, 5.74) is 0. The lowest BCUT2D eigenvalue weighted by molar-refractivity contribution is -0.179. The molecule has 0 aromatic rings. The van der Waals surface area contributed by atoms with Crippen LogP contribution in [0.25, 0.3) is 0 Å². The zero-order chi connectivity index (χ0) is 14.6. The molecule has 2 heterocycles. The van der Waals surface area contributed by atoms with Crippen molar-refractivity contribution in [2.75, 3.05) is 0 Å². The number of aliphatic hydroxyl groups excluding tert-OH is 1. The lowest BCUT2D eigenvalue weighted by Crippen LogP contribution is -2.23. The standard InChI is InChI=1S/C7H11FO3.C5H9FO2/c1-4-3-6(8)7(10-4)11-5(2)9;1-3-2-4(6)5(7)8-3/h4,6-7H,3H2,1-2H3;3-5,7H,2H2,1H3/t4-,6-,7+;3-,4-,5-/m11/s1. The maximum atomic E-state index is 12.8. The molecule has 5 nitrogen and oxygen atoms in total. The summed E-state index contributed by atoms with van der Waals surface area (Å²) >= 11 is 0. The monoisotopic (exact) mass is 282 g/mol. The minimum absolute atomic E-state index is 0.125. The first-order chi connectivity index (χ1) is 8.79. The summed E-state index contributed by atoms with van der Waals surface area (Å²) in [6.45, 7) is 4.72. The van der Waals surface area contributed by atoms with E-state index in [1.807, 2.05) is 0 Å². The minimum Gasteiger partial charge on any atom is -0.433 e. The van der Waals surface area contributed by atoms with Gasteiger partial charge >= 0.3 is 5.97 Å². The maximum absolute atomic E-state index is 12.8. The maximum Gasteiger partial charge on any atom is 0.305 e. The normalized spacial score (nSPS) is 41.6. The van der Waals surface area contributed by atoms with Crippen molar-refractivity contribution < 1.29 is 32.9 Å². The van der Waals surface area contributed by atoms with E-state index in [2.05, 4.69) is 9.47 Å². The Morgan fingerprint density at radius 2 is 1.68 bits per heavy atom. The summed E-state index contributed by atoms with van der Waals surface area (Å²) in [5, 5.41) is 8.57. The molecular formula is C12H20F2O5. The Hall–Kier alpha value is -0.790. The SMILES string of the molecule is CC(=O)O[C@@H]1O[C@H](C)C[C@H]1F.C[C@@H]1C[C@@H](F)[C@H](O)O1. The van der Waals surface area contributed by atoms with Gasteiger partial charge in [-0.2, -0.15) is 0 Å². The van der Waals surface area contributed by atoms with Crippen molar-refractivity contribution in [3.8, 4) is 0 Å². The fourth-order valence-electron chi connectivity index (χ4n) is 1.88. The van der Waals surface area contributed by atoms with Gasteiger partial charge in [0.25, 0.3) is 0 Å². The molecule has 2 rings (SSSR count). The minimum atomic E-state index is -1.18. The van der Waals surface area contributed by atoms with Crippen molar-refractivity contribution in [1.29, 1.82) is 0 Å². The van der Waals surface area contributed by atoms with E-state index in [1.54, 1.807) is 13.8 Å². The van der Waals surface area contributed by atoms with Crippen molar-refractivity contribution in [1.82, 2.24) is 0 Å². The third kappa shape index (κ3) is 5.38. The molecule has 0 aliphatic carbocycles. The molecule has 19 heavy (non-hydrogen) atoms. The highest BCUT2D eigenvalue weighted by Crippen LogP contribution is 2.23. The van der Waals surface area contributed by atoms with Crippen molar-refractivity contribution in [2.24, 2.45) is 0 Å². The number of ether oxygens (including phenoxy) is 3. The Kier molecular flexibility index (Phi) is 6.09. The first kappa shape index (κ1) is 16.3. The van der Waals surface area contributed by atoms with Crippen molar-refractivity contribution in [3.05, 3.63) is 0 Å². The highest BCUT2D eigenvalue weighted by atomic mass is 19.1. The molecular weight excluding hydrogens is 262 g/mol. The van der Waals surface area contributed by atoms with Crippen molar-refractivity contribution >= 4 is 5.97 Å². The summed E-state index contributed by atoms with van der Waals surface area (Å²) in [6, 6.07) is 0. The lowest BCUT2D eigenvalue weighted by atomic mass is 10.2. The molecule has 0 aromatic heterocycles. The van der Waals surface area contributed by atoms with Gasteiger partial charge in [0.05, 0.1) is 12.2 Å². The van der Waals surface area contributed by atoms with Crippen LogP contribution in [-0.2, 0) is 19.0 Å². The van der Waals surface area contributed by atoms with Crippen LogP contribution >= 0.6 is 0 Å². The predicted molar refractivity (Wildman–Crippen MR) is 61.7 cm³/mol. The third-order valence-corrected chi connectivity index (χ3v) is 2.74. The van der Waals surface area contributed by atoms with Gasteiger partial charge in [0, 0.05) is 19.8 Å². The number of aliphatic hydroxyl groups is 1. The number of halogens is 2. The number of carbonyl (C=O) groups is 1. The van der Waals surface area contributed by atoms with Crippen molar-refractivity contribution in [2.45, 2.75) is 70.7 Å². The molecule has 2 fully saturated rings. The average Bonchev–Trinajstić information content (AvgIpc) is 2.70. The van der Waals surface area contributed by atoms with Gasteiger partial charge in [-0.05, 0) is 13.8 Å². The third-order valence-electron chi connectivity index (χ3n) is 2.74. The van der Waals surface area contributed by atoms with Gasteiger partial charge in [-0.3, -0.25) is 4.79 Å². The topological polar surface area (TPSA) is 65.0 Å². The molecule has 2 aliphatic rings. The second-order valence-electron chi connectivity index (χ2n) is 4.77. The van der Waals surface area contributed by atoms with Gasteiger partial charge in [-0.25, -0.2) is 8.78 Å². The van der Waals surface area contributed by atoms with Crippen LogP contribution in [0.2, 0.25) is 0 Å². The molecule has 7 heteroatoms. The van der Waals surface area contributed by atoms with E-state index >= 15 is 0 Å². The average molecular weight is 282 g/mol. The van der Waals surface area contributed by atoms with Gasteiger partial charge in [-0.1, -0.05) is 0 Å². The van der Waals surface area contributed by atoms with E-state index in [0.717, 1.165) is 0 Å². The zero-order valence-corrected chi connectivity index (χ0v) is 11.2. The Bertz CT molecular complexity index is 292. The summed E-state index contributed by atoms with van der Waals surface area (Å²) < 4.78 is 39.2. The summed E-state index contributed by atoms with van der Waals surface area (Å²) in [5.74, 6) is -0.508. The molecule has 0 aromatic carbocycles. The van der Waals surface area contributed by atoms with Gasteiger partial charge < -0.3 is 19.3 Å². The number of rotatable bonds is 1. The van der Waals surface area contributed by atoms with Gasteiger partial charge in [0.1, 0.15) is 0 Å². The second kappa shape index (κ2) is 7.12. The molecule has 0 saturated carbocycles. The fourth-order valence-corrected chi connectivity index (χ4v) is 1.88. The predicted octanol–water partition coefficient (Wildman–Crippen LogP) is 1.47. The molecule has 112 valence electrons. The van der Waals surface area contributed by atoms with E-state index in [1.165, 1.54) is 6.92 Å². The van der Waals surface area contributed by atoms with Gasteiger partial charge in [-0.15, -0.1) is 0 Å². The molecule has 0 amide bonds. The molecule has 0 unspecified atom stereocenters. The molecule has 1 N–H and O–H groups in total. The first-order valence-electron chi connectivity index (χ1n) is 6.24. The molecule has 0 radical (unpaired) electrons. The van der Waals surface area contributed by atoms with Crippen LogP contribution in [0.3, 0.4) is 0 Å². The lowest BCUT2D eigenvalue weighted by Gasteiger charge is -2.11. The largest absolute Gasteiger partial charge is 0.433 e.